The zero-order valence-corrected chi connectivity index (χ0v) is 24.5. The molecule has 1 aliphatic rings. The van der Waals surface area contributed by atoms with E-state index in [1.54, 1.807) is 54.6 Å². The van der Waals surface area contributed by atoms with Crippen LogP contribution in [0.25, 0.3) is 55.0 Å². The first-order valence-corrected chi connectivity index (χ1v) is 14.8. The van der Waals surface area contributed by atoms with Gasteiger partial charge in [0.15, 0.2) is 6.17 Å². The first-order chi connectivity index (χ1) is 28.7. The normalized spacial score (nSPS) is 18.5. The zero-order chi connectivity index (χ0) is 42.5. The number of rotatable bonds is 5. The van der Waals surface area contributed by atoms with Crippen molar-refractivity contribution in [2.24, 2.45) is 9.98 Å². The van der Waals surface area contributed by atoms with Gasteiger partial charge in [0.25, 0.3) is 0 Å². The molecule has 0 fully saturated rings. The molecule has 1 atom stereocenters. The number of benzene rings is 7. The number of hydrogen-bond acceptors (Lipinski definition) is 4. The molecule has 8 aromatic rings. The van der Waals surface area contributed by atoms with Gasteiger partial charge in [0.2, 0.25) is 0 Å². The average molecular weight is 617 g/mol. The number of nitrogens with one attached hydrogen (secondary N) is 1. The van der Waals surface area contributed by atoms with E-state index < -0.39 is 60.5 Å². The van der Waals surface area contributed by atoms with Crippen molar-refractivity contribution < 1.29 is 22.2 Å². The standard InChI is InChI=1S/C43H29N3O/c1-3-11-28(12-4-1)32-25-26-34-33(27-32)15-9-18-36(34)43-45-41(30-13-5-2-6-14-30)44-42(46-43)31-23-21-29(22-24-31)35-17-10-20-39-40(35)37-16-7-8-19-38(37)47-39/h1-27,43H,(H,44,45,46)/i7D,8D,9D,10D,15D,16D,17D,18D,19D,20D,25D,26D,27D. The van der Waals surface area contributed by atoms with Crippen molar-refractivity contribution in [1.29, 1.82) is 0 Å². The van der Waals surface area contributed by atoms with E-state index in [4.69, 9.17) is 29.5 Å². The van der Waals surface area contributed by atoms with E-state index >= 15 is 0 Å². The monoisotopic (exact) mass is 616 g/mol. The molecule has 0 bridgehead atoms. The number of furan rings is 1. The van der Waals surface area contributed by atoms with Crippen LogP contribution in [0.5, 0.6) is 0 Å². The smallest absolute Gasteiger partial charge is 0.170 e. The molecular formula is C43H29N3O. The molecule has 222 valence electrons. The summed E-state index contributed by atoms with van der Waals surface area (Å²) < 4.78 is 120. The number of hydrogen-bond donors (Lipinski definition) is 1. The minimum Gasteiger partial charge on any atom is -0.456 e. The largest absolute Gasteiger partial charge is 0.456 e. The highest BCUT2D eigenvalue weighted by Crippen LogP contribution is 2.37. The van der Waals surface area contributed by atoms with Crippen molar-refractivity contribution in [3.63, 3.8) is 0 Å². The molecule has 0 aliphatic carbocycles. The molecule has 1 aromatic heterocycles. The number of aliphatic imine (C=N–C) groups is 2. The van der Waals surface area contributed by atoms with Gasteiger partial charge in [-0.05, 0) is 51.2 Å². The Balaban J connectivity index is 1.25. The van der Waals surface area contributed by atoms with Gasteiger partial charge in [-0.3, -0.25) is 0 Å². The highest BCUT2D eigenvalue weighted by Gasteiger charge is 2.22. The first-order valence-electron chi connectivity index (χ1n) is 21.3. The van der Waals surface area contributed by atoms with E-state index in [0.29, 0.717) is 28.1 Å². The molecule has 0 saturated heterocycles. The number of nitrogens with zero attached hydrogens (tertiary/aromatic N) is 2. The molecule has 1 unspecified atom stereocenters. The molecule has 4 nitrogen and oxygen atoms in total. The molecule has 9 rings (SSSR count). The molecule has 7 aromatic carbocycles. The van der Waals surface area contributed by atoms with Gasteiger partial charge in [-0.1, -0.05) is 145 Å². The molecular weight excluding hydrogens is 574 g/mol. The molecule has 0 saturated carbocycles. The third-order valence-electron chi connectivity index (χ3n) is 7.97. The Hall–Kier alpha value is -6.26. The van der Waals surface area contributed by atoms with E-state index in [-0.39, 0.29) is 79.4 Å². The molecule has 2 heterocycles. The summed E-state index contributed by atoms with van der Waals surface area (Å²) in [5.41, 5.74) is 1.90. The topological polar surface area (TPSA) is 49.9 Å². The predicted octanol–water partition coefficient (Wildman–Crippen LogP) is 10.6. The zero-order valence-electron chi connectivity index (χ0n) is 37.5. The fraction of sp³-hybridized carbons (Fsp3) is 0.0233. The van der Waals surface area contributed by atoms with Gasteiger partial charge in [-0.15, -0.1) is 0 Å². The summed E-state index contributed by atoms with van der Waals surface area (Å²) in [4.78, 5) is 9.74. The van der Waals surface area contributed by atoms with Crippen LogP contribution in [0.15, 0.2) is 178 Å². The lowest BCUT2D eigenvalue weighted by Gasteiger charge is -2.23. The maximum Gasteiger partial charge on any atom is 0.170 e. The molecule has 1 aliphatic heterocycles. The number of amidine groups is 2. The summed E-state index contributed by atoms with van der Waals surface area (Å²) in [6.07, 6.45) is -1.27. The van der Waals surface area contributed by atoms with E-state index in [1.165, 1.54) is 0 Å². The van der Waals surface area contributed by atoms with Crippen molar-refractivity contribution in [2.75, 3.05) is 0 Å². The maximum atomic E-state index is 9.22. The van der Waals surface area contributed by atoms with Crippen molar-refractivity contribution in [1.82, 2.24) is 5.32 Å². The van der Waals surface area contributed by atoms with Crippen LogP contribution in [0.4, 0.5) is 0 Å². The number of fused-ring (bicyclic) bond motifs is 4. The third kappa shape index (κ3) is 4.88. The van der Waals surface area contributed by atoms with Crippen LogP contribution in [-0.2, 0) is 0 Å². The molecule has 0 radical (unpaired) electrons. The van der Waals surface area contributed by atoms with Crippen LogP contribution < -0.4 is 5.32 Å². The SMILES string of the molecule is [2H]c1c([2H])c([2H])c2c(oc3c([2H])c([2H])c([2H])c(-c4ccc(C5=NC(c6c([2H])c([2H])c([2H])c7c([2H])c(-c8ccccc8)c([2H])c([2H])c67)N=C(c6ccccc6)N5)cc4)c32)c1[2H]. The Labute approximate surface area is 290 Å². The van der Waals surface area contributed by atoms with E-state index in [9.17, 15) is 2.74 Å². The van der Waals surface area contributed by atoms with Crippen LogP contribution in [0.3, 0.4) is 0 Å². The van der Waals surface area contributed by atoms with Gasteiger partial charge < -0.3 is 9.73 Å². The van der Waals surface area contributed by atoms with Crippen LogP contribution in [0, 0.1) is 0 Å². The van der Waals surface area contributed by atoms with Crippen molar-refractivity contribution >= 4 is 44.4 Å². The molecule has 1 N–H and O–H groups in total. The van der Waals surface area contributed by atoms with Crippen LogP contribution >= 0.6 is 0 Å². The Kier molecular flexibility index (Phi) is 4.05. The lowest BCUT2D eigenvalue weighted by Crippen LogP contribution is -2.36. The maximum absolute atomic E-state index is 9.22. The van der Waals surface area contributed by atoms with Crippen LogP contribution in [0.2, 0.25) is 0 Å². The summed E-state index contributed by atoms with van der Waals surface area (Å²) in [6.45, 7) is 0. The van der Waals surface area contributed by atoms with Gasteiger partial charge >= 0.3 is 0 Å². The molecule has 0 spiro atoms. The summed E-state index contributed by atoms with van der Waals surface area (Å²) in [5.74, 6) is 0.577. The summed E-state index contributed by atoms with van der Waals surface area (Å²) in [5, 5.41) is 3.24. The Morgan fingerprint density at radius 2 is 1.19 bits per heavy atom. The molecule has 0 amide bonds. The second kappa shape index (κ2) is 11.3. The fourth-order valence-corrected chi connectivity index (χ4v) is 5.71. The summed E-state index contributed by atoms with van der Waals surface area (Å²) in [6, 6.07) is 19.1. The first kappa shape index (κ1) is 16.9. The lowest BCUT2D eigenvalue weighted by atomic mass is 9.97. The van der Waals surface area contributed by atoms with Gasteiger partial charge in [0, 0.05) is 27.5 Å². The second-order valence-corrected chi connectivity index (χ2v) is 10.8. The summed E-state index contributed by atoms with van der Waals surface area (Å²) in [7, 11) is 0. The highest BCUT2D eigenvalue weighted by atomic mass is 16.3. The van der Waals surface area contributed by atoms with E-state index in [0.717, 1.165) is 0 Å². The predicted molar refractivity (Wildman–Crippen MR) is 194 cm³/mol. The fourth-order valence-electron chi connectivity index (χ4n) is 5.71. The summed E-state index contributed by atoms with van der Waals surface area (Å²) >= 11 is 0. The second-order valence-electron chi connectivity index (χ2n) is 10.8. The Bertz CT molecular complexity index is 3200. The highest BCUT2D eigenvalue weighted by molar-refractivity contribution is 6.16. The third-order valence-corrected chi connectivity index (χ3v) is 7.97. The van der Waals surface area contributed by atoms with Crippen LogP contribution in [0.1, 0.15) is 40.7 Å². The van der Waals surface area contributed by atoms with Crippen molar-refractivity contribution in [3.8, 4) is 22.3 Å². The van der Waals surface area contributed by atoms with Gasteiger partial charge in [-0.2, -0.15) is 0 Å². The van der Waals surface area contributed by atoms with Crippen LogP contribution in [-0.4, -0.2) is 11.7 Å². The molecule has 4 heteroatoms. The van der Waals surface area contributed by atoms with Gasteiger partial charge in [-0.25, -0.2) is 9.98 Å². The van der Waals surface area contributed by atoms with Gasteiger partial charge in [0.05, 0.1) is 17.8 Å². The van der Waals surface area contributed by atoms with Gasteiger partial charge in [0.1, 0.15) is 22.8 Å². The van der Waals surface area contributed by atoms with Crippen molar-refractivity contribution in [2.45, 2.75) is 6.17 Å². The Morgan fingerprint density at radius 1 is 0.532 bits per heavy atom. The van der Waals surface area contributed by atoms with E-state index in [2.05, 4.69) is 5.32 Å². The number of para-hydroxylation sites is 1. The molecule has 47 heavy (non-hydrogen) atoms. The minimum absolute atomic E-state index is 0.0100. The van der Waals surface area contributed by atoms with Crippen molar-refractivity contribution in [3.05, 3.63) is 180 Å². The minimum atomic E-state index is -1.27. The average Bonchev–Trinajstić information content (AvgIpc) is 3.66. The Morgan fingerprint density at radius 3 is 1.98 bits per heavy atom. The lowest BCUT2D eigenvalue weighted by molar-refractivity contribution is 0.669. The van der Waals surface area contributed by atoms with E-state index in [1.807, 2.05) is 30.3 Å². The quantitative estimate of drug-likeness (QED) is 0.209.